The molecule has 0 saturated heterocycles. The van der Waals surface area contributed by atoms with Gasteiger partial charge in [0.2, 0.25) is 11.8 Å². The molecule has 2 aromatic rings. The number of hydrogen-bond donors (Lipinski definition) is 2. The third-order valence-corrected chi connectivity index (χ3v) is 4.84. The maximum absolute atomic E-state index is 12.4. The summed E-state index contributed by atoms with van der Waals surface area (Å²) in [5, 5.41) is 5.65. The topological polar surface area (TPSA) is 87.7 Å². The zero-order valence-electron chi connectivity index (χ0n) is 16.0. The van der Waals surface area contributed by atoms with Crippen molar-refractivity contribution in [3.05, 3.63) is 52.5 Å². The summed E-state index contributed by atoms with van der Waals surface area (Å²) in [6.45, 7) is 2.05. The first kappa shape index (κ1) is 20.9. The second-order valence-electron chi connectivity index (χ2n) is 6.66. The van der Waals surface area contributed by atoms with E-state index in [9.17, 15) is 14.4 Å². The van der Waals surface area contributed by atoms with E-state index in [0.717, 1.165) is 16.5 Å². The Labute approximate surface area is 177 Å². The van der Waals surface area contributed by atoms with Gasteiger partial charge in [-0.2, -0.15) is 0 Å². The van der Waals surface area contributed by atoms with Gasteiger partial charge in [0, 0.05) is 23.1 Å². The van der Waals surface area contributed by atoms with E-state index in [1.165, 1.54) is 4.90 Å². The zero-order chi connectivity index (χ0) is 20.8. The van der Waals surface area contributed by atoms with Crippen LogP contribution in [0.1, 0.15) is 25.3 Å². The Morgan fingerprint density at radius 2 is 2.00 bits per heavy atom. The van der Waals surface area contributed by atoms with Crippen LogP contribution in [0.2, 0.25) is 0 Å². The molecule has 152 valence electrons. The van der Waals surface area contributed by atoms with Gasteiger partial charge >= 0.3 is 0 Å². The Kier molecular flexibility index (Phi) is 6.87. The summed E-state index contributed by atoms with van der Waals surface area (Å²) < 4.78 is 6.27. The number of rotatable bonds is 7. The maximum atomic E-state index is 12.4. The fraction of sp³-hybridized carbons (Fsp3) is 0.286. The third kappa shape index (κ3) is 5.57. The second-order valence-corrected chi connectivity index (χ2v) is 7.57. The summed E-state index contributed by atoms with van der Waals surface area (Å²) in [5.41, 5.74) is 2.11. The highest BCUT2D eigenvalue weighted by Crippen LogP contribution is 2.34. The van der Waals surface area contributed by atoms with Crippen molar-refractivity contribution in [2.24, 2.45) is 0 Å². The van der Waals surface area contributed by atoms with Crippen molar-refractivity contribution >= 4 is 45.0 Å². The predicted octanol–water partition coefficient (Wildman–Crippen LogP) is 3.23. The minimum Gasteiger partial charge on any atom is -0.482 e. The zero-order valence-corrected chi connectivity index (χ0v) is 17.6. The molecule has 0 saturated carbocycles. The lowest BCUT2D eigenvalue weighted by molar-refractivity contribution is -0.125. The molecule has 0 aromatic heterocycles. The number of fused-ring (bicyclic) bond motifs is 1. The number of carbonyl (C=O) groups excluding carboxylic acids is 3. The summed E-state index contributed by atoms with van der Waals surface area (Å²) in [6, 6.07) is 12.6. The number of amides is 3. The molecule has 1 heterocycles. The largest absolute Gasteiger partial charge is 0.482 e. The van der Waals surface area contributed by atoms with E-state index in [1.807, 2.05) is 25.1 Å². The number of nitrogens with zero attached hydrogens (tertiary/aromatic N) is 1. The lowest BCUT2D eigenvalue weighted by atomic mass is 10.2. The molecular weight excluding hydrogens is 438 g/mol. The van der Waals surface area contributed by atoms with Gasteiger partial charge in [-0.05, 0) is 42.3 Å². The second kappa shape index (κ2) is 9.56. The van der Waals surface area contributed by atoms with E-state index >= 15 is 0 Å². The van der Waals surface area contributed by atoms with E-state index in [0.29, 0.717) is 30.1 Å². The Morgan fingerprint density at radius 1 is 1.17 bits per heavy atom. The van der Waals surface area contributed by atoms with Gasteiger partial charge in [-0.3, -0.25) is 19.3 Å². The molecule has 0 fully saturated rings. The first-order valence-corrected chi connectivity index (χ1v) is 10.1. The predicted molar refractivity (Wildman–Crippen MR) is 114 cm³/mol. The first-order chi connectivity index (χ1) is 14.0. The Morgan fingerprint density at radius 3 is 2.79 bits per heavy atom. The average molecular weight is 460 g/mol. The van der Waals surface area contributed by atoms with Gasteiger partial charge < -0.3 is 15.4 Å². The molecular formula is C21H22BrN3O4. The third-order valence-electron chi connectivity index (χ3n) is 4.34. The molecule has 1 aliphatic heterocycles. The smallest absolute Gasteiger partial charge is 0.265 e. The van der Waals surface area contributed by atoms with Crippen LogP contribution >= 0.6 is 15.9 Å². The highest BCUT2D eigenvalue weighted by Gasteiger charge is 2.27. The monoisotopic (exact) mass is 459 g/mol. The van der Waals surface area contributed by atoms with Crippen LogP contribution in [0, 0.1) is 0 Å². The SMILES string of the molecule is CCCC(=O)Nc1cccc(CNC(=O)CN2C(=O)COc3cc(Br)ccc32)c1. The first-order valence-electron chi connectivity index (χ1n) is 9.34. The van der Waals surface area contributed by atoms with E-state index in [2.05, 4.69) is 26.6 Å². The normalized spacial score (nSPS) is 12.8. The van der Waals surface area contributed by atoms with Crippen molar-refractivity contribution in [1.29, 1.82) is 0 Å². The van der Waals surface area contributed by atoms with Crippen LogP contribution in [0.4, 0.5) is 11.4 Å². The molecule has 1 aliphatic rings. The number of halogens is 1. The van der Waals surface area contributed by atoms with E-state index in [-0.39, 0.29) is 30.9 Å². The van der Waals surface area contributed by atoms with Crippen LogP contribution < -0.4 is 20.3 Å². The number of hydrogen-bond acceptors (Lipinski definition) is 4. The van der Waals surface area contributed by atoms with Gasteiger partial charge in [0.05, 0.1) is 5.69 Å². The van der Waals surface area contributed by atoms with Crippen LogP contribution in [-0.2, 0) is 20.9 Å². The number of anilines is 2. The number of carbonyl (C=O) groups is 3. The molecule has 0 aliphatic carbocycles. The summed E-state index contributed by atoms with van der Waals surface area (Å²) in [6.07, 6.45) is 1.24. The lowest BCUT2D eigenvalue weighted by Gasteiger charge is -2.29. The fourth-order valence-electron chi connectivity index (χ4n) is 2.96. The van der Waals surface area contributed by atoms with E-state index in [1.54, 1.807) is 24.3 Å². The standard InChI is InChI=1S/C21H22BrN3O4/c1-2-4-19(26)24-16-6-3-5-14(9-16)11-23-20(27)12-25-17-8-7-15(22)10-18(17)29-13-21(25)28/h3,5-10H,2,4,11-13H2,1H3,(H,23,27)(H,24,26). The highest BCUT2D eigenvalue weighted by atomic mass is 79.9. The molecule has 29 heavy (non-hydrogen) atoms. The van der Waals surface area contributed by atoms with Crippen molar-refractivity contribution in [2.75, 3.05) is 23.4 Å². The van der Waals surface area contributed by atoms with Crippen LogP contribution in [0.25, 0.3) is 0 Å². The molecule has 7 nitrogen and oxygen atoms in total. The van der Waals surface area contributed by atoms with Crippen LogP contribution in [0.15, 0.2) is 46.9 Å². The lowest BCUT2D eigenvalue weighted by Crippen LogP contribution is -2.45. The van der Waals surface area contributed by atoms with Gasteiger partial charge in [-0.1, -0.05) is 35.0 Å². The van der Waals surface area contributed by atoms with Gasteiger partial charge in [0.1, 0.15) is 12.3 Å². The van der Waals surface area contributed by atoms with Gasteiger partial charge in [-0.25, -0.2) is 0 Å². The van der Waals surface area contributed by atoms with E-state index < -0.39 is 0 Å². The Bertz CT molecular complexity index is 932. The minimum atomic E-state index is -0.283. The van der Waals surface area contributed by atoms with Crippen LogP contribution in [0.3, 0.4) is 0 Å². The van der Waals surface area contributed by atoms with Crippen LogP contribution in [0.5, 0.6) is 5.75 Å². The molecule has 0 bridgehead atoms. The van der Waals surface area contributed by atoms with Gasteiger partial charge in [0.25, 0.3) is 5.91 Å². The van der Waals surface area contributed by atoms with Gasteiger partial charge in [0.15, 0.2) is 6.61 Å². The summed E-state index contributed by atoms with van der Waals surface area (Å²) in [4.78, 5) is 37.8. The average Bonchev–Trinajstić information content (AvgIpc) is 2.69. The molecule has 3 rings (SSSR count). The number of nitrogens with one attached hydrogen (secondary N) is 2. The summed E-state index contributed by atoms with van der Waals surface area (Å²) in [7, 11) is 0. The molecule has 0 atom stereocenters. The molecule has 3 amide bonds. The van der Waals surface area contributed by atoms with Crippen molar-refractivity contribution in [3.8, 4) is 5.75 Å². The van der Waals surface area contributed by atoms with Crippen molar-refractivity contribution < 1.29 is 19.1 Å². The molecule has 8 heteroatoms. The maximum Gasteiger partial charge on any atom is 0.265 e. The summed E-state index contributed by atoms with van der Waals surface area (Å²) >= 11 is 3.37. The Balaban J connectivity index is 1.59. The Hall–Kier alpha value is -2.87. The van der Waals surface area contributed by atoms with Crippen molar-refractivity contribution in [3.63, 3.8) is 0 Å². The molecule has 2 aromatic carbocycles. The molecule has 0 radical (unpaired) electrons. The number of benzene rings is 2. The highest BCUT2D eigenvalue weighted by molar-refractivity contribution is 9.10. The molecule has 0 unspecified atom stereocenters. The van der Waals surface area contributed by atoms with Gasteiger partial charge in [-0.15, -0.1) is 0 Å². The van der Waals surface area contributed by atoms with E-state index in [4.69, 9.17) is 4.74 Å². The summed E-state index contributed by atoms with van der Waals surface area (Å²) in [5.74, 6) is -0.0303. The quantitative estimate of drug-likeness (QED) is 0.665. The van der Waals surface area contributed by atoms with Crippen molar-refractivity contribution in [1.82, 2.24) is 5.32 Å². The minimum absolute atomic E-state index is 0.0372. The number of ether oxygens (including phenoxy) is 1. The molecule has 0 spiro atoms. The fourth-order valence-corrected chi connectivity index (χ4v) is 3.30. The molecule has 2 N–H and O–H groups in total. The van der Waals surface area contributed by atoms with Crippen LogP contribution in [-0.4, -0.2) is 30.9 Å². The van der Waals surface area contributed by atoms with Crippen molar-refractivity contribution in [2.45, 2.75) is 26.3 Å².